The van der Waals surface area contributed by atoms with Crippen LogP contribution in [0.3, 0.4) is 0 Å². The Labute approximate surface area is 88.3 Å². The summed E-state index contributed by atoms with van der Waals surface area (Å²) < 4.78 is 0. The lowest BCUT2D eigenvalue weighted by Gasteiger charge is -2.12. The lowest BCUT2D eigenvalue weighted by atomic mass is 9.94. The van der Waals surface area contributed by atoms with Gasteiger partial charge in [-0.2, -0.15) is 0 Å². The van der Waals surface area contributed by atoms with Gasteiger partial charge in [0, 0.05) is 5.69 Å². The number of hydrogen-bond donors (Lipinski definition) is 1. The van der Waals surface area contributed by atoms with E-state index in [0.717, 1.165) is 5.69 Å². The quantitative estimate of drug-likeness (QED) is 0.715. The molecule has 0 unspecified atom stereocenters. The van der Waals surface area contributed by atoms with Gasteiger partial charge in [-0.1, -0.05) is 39.8 Å². The van der Waals surface area contributed by atoms with Crippen molar-refractivity contribution in [2.75, 3.05) is 5.73 Å². The van der Waals surface area contributed by atoms with Gasteiger partial charge in [0.1, 0.15) is 0 Å². The maximum absolute atomic E-state index is 5.61. The molecule has 0 heterocycles. The molecule has 0 saturated heterocycles. The average molecular weight is 193 g/mol. The van der Waals surface area contributed by atoms with Crippen molar-refractivity contribution in [1.82, 2.24) is 0 Å². The highest BCUT2D eigenvalue weighted by Gasteiger charge is 2.04. The van der Waals surface area contributed by atoms with E-state index < -0.39 is 0 Å². The molecule has 1 nitrogen and oxygen atoms in total. The molecule has 80 valence electrons. The number of anilines is 1. The van der Waals surface area contributed by atoms with Gasteiger partial charge in [-0.3, -0.25) is 0 Å². The molecule has 1 heteroatoms. The lowest BCUT2D eigenvalue weighted by molar-refractivity contribution is 0.642. The summed E-state index contributed by atoms with van der Waals surface area (Å²) >= 11 is 0. The maximum Gasteiger partial charge on any atom is 0.0314 e. The van der Waals surface area contributed by atoms with Crippen LogP contribution in [0.5, 0.6) is 0 Å². The number of benzene rings is 1. The van der Waals surface area contributed by atoms with E-state index in [1.54, 1.807) is 0 Å². The Morgan fingerprint density at radius 1 is 1.00 bits per heavy atom. The highest BCUT2D eigenvalue weighted by Crippen LogP contribution is 2.23. The molecule has 0 aliphatic carbocycles. The fourth-order valence-corrected chi connectivity index (χ4v) is 1.53. The van der Waals surface area contributed by atoms with Crippen molar-refractivity contribution in [2.24, 2.45) is 0 Å². The summed E-state index contributed by atoms with van der Waals surface area (Å²) in [5.41, 5.74) is 7.87. The molecule has 0 saturated carbocycles. The molecule has 0 bridgehead atoms. The summed E-state index contributed by atoms with van der Waals surface area (Å²) in [4.78, 5) is 0. The first-order valence-corrected chi connectivity index (χ1v) is 5.63. The predicted molar refractivity (Wildman–Crippen MR) is 65.5 cm³/mol. The largest absolute Gasteiger partial charge is 0.399 e. The molecule has 0 aliphatic rings. The maximum atomic E-state index is 5.61. The van der Waals surface area contributed by atoms with Crippen molar-refractivity contribution >= 4 is 5.69 Å². The van der Waals surface area contributed by atoms with Gasteiger partial charge in [-0.05, 0) is 36.5 Å². The van der Waals surface area contributed by atoms with Crippen molar-refractivity contribution in [2.45, 2.75) is 46.5 Å². The zero-order chi connectivity index (χ0) is 11.0. The lowest BCUT2D eigenvalue weighted by Crippen LogP contribution is -1.95. The molecule has 0 fully saturated rings. The van der Waals surface area contributed by atoms with E-state index in [4.69, 9.17) is 5.73 Å². The van der Waals surface area contributed by atoms with E-state index in [-0.39, 0.29) is 0 Å². The molecule has 1 aromatic rings. The van der Waals surface area contributed by atoms with E-state index >= 15 is 0 Å². The summed E-state index contributed by atoms with van der Waals surface area (Å²) in [5.74, 6) is 0.700. The normalized spacial score (nSPS) is 9.50. The molecule has 14 heavy (non-hydrogen) atoms. The Morgan fingerprint density at radius 2 is 1.43 bits per heavy atom. The Kier molecular flexibility index (Phi) is 6.91. The molecule has 0 aliphatic heterocycles. The fourth-order valence-electron chi connectivity index (χ4n) is 1.53. The second-order valence-electron chi connectivity index (χ2n) is 3.18. The first-order chi connectivity index (χ1) is 6.77. The molecule has 1 rings (SSSR count). The van der Waals surface area contributed by atoms with Gasteiger partial charge in [-0.15, -0.1) is 0 Å². The van der Waals surface area contributed by atoms with Crippen molar-refractivity contribution in [3.05, 3.63) is 29.8 Å². The molecule has 0 aromatic heterocycles. The SMILES string of the molecule is CC.CCC(CC)c1ccc(N)cc1. The highest BCUT2D eigenvalue weighted by atomic mass is 14.5. The molecule has 0 atom stereocenters. The van der Waals surface area contributed by atoms with Crippen LogP contribution in [0, 0.1) is 0 Å². The van der Waals surface area contributed by atoms with Crippen molar-refractivity contribution in [1.29, 1.82) is 0 Å². The van der Waals surface area contributed by atoms with Crippen molar-refractivity contribution in [3.8, 4) is 0 Å². The summed E-state index contributed by atoms with van der Waals surface area (Å²) in [6.45, 7) is 8.45. The predicted octanol–water partition coefficient (Wildman–Crippen LogP) is 4.20. The van der Waals surface area contributed by atoms with Crippen LogP contribution in [-0.2, 0) is 0 Å². The Morgan fingerprint density at radius 3 is 1.79 bits per heavy atom. The van der Waals surface area contributed by atoms with Crippen LogP contribution in [0.4, 0.5) is 5.69 Å². The zero-order valence-corrected chi connectivity index (χ0v) is 9.88. The number of rotatable bonds is 3. The van der Waals surface area contributed by atoms with E-state index in [9.17, 15) is 0 Å². The van der Waals surface area contributed by atoms with E-state index in [1.165, 1.54) is 18.4 Å². The summed E-state index contributed by atoms with van der Waals surface area (Å²) in [5, 5.41) is 0. The summed E-state index contributed by atoms with van der Waals surface area (Å²) in [7, 11) is 0. The third-order valence-electron chi connectivity index (χ3n) is 2.39. The van der Waals surface area contributed by atoms with Crippen LogP contribution >= 0.6 is 0 Å². The number of nitrogen functional groups attached to an aromatic ring is 1. The Hall–Kier alpha value is -0.980. The van der Waals surface area contributed by atoms with Gasteiger partial charge in [0.05, 0.1) is 0 Å². The topological polar surface area (TPSA) is 26.0 Å². The molecule has 1 aromatic carbocycles. The van der Waals surface area contributed by atoms with Crippen LogP contribution in [0.25, 0.3) is 0 Å². The van der Waals surface area contributed by atoms with E-state index in [0.29, 0.717) is 5.92 Å². The minimum Gasteiger partial charge on any atom is -0.399 e. The van der Waals surface area contributed by atoms with Crippen LogP contribution in [0.1, 0.15) is 52.0 Å². The zero-order valence-electron chi connectivity index (χ0n) is 9.88. The Bertz CT molecular complexity index is 221. The monoisotopic (exact) mass is 193 g/mol. The van der Waals surface area contributed by atoms with E-state index in [2.05, 4.69) is 26.0 Å². The molecule has 0 spiro atoms. The smallest absolute Gasteiger partial charge is 0.0314 e. The minimum atomic E-state index is 0.700. The second-order valence-corrected chi connectivity index (χ2v) is 3.18. The number of nitrogens with two attached hydrogens (primary N) is 1. The summed E-state index contributed by atoms with van der Waals surface area (Å²) in [6.07, 6.45) is 2.42. The van der Waals surface area contributed by atoms with Crippen molar-refractivity contribution < 1.29 is 0 Å². The summed E-state index contributed by atoms with van der Waals surface area (Å²) in [6, 6.07) is 8.22. The van der Waals surface area contributed by atoms with Gasteiger partial charge >= 0.3 is 0 Å². The first-order valence-electron chi connectivity index (χ1n) is 5.63. The standard InChI is InChI=1S/C11H17N.C2H6/c1-3-9(4-2)10-5-7-11(12)8-6-10;1-2/h5-9H,3-4,12H2,1-2H3;1-2H3. The van der Waals surface area contributed by atoms with Gasteiger partial charge < -0.3 is 5.73 Å². The minimum absolute atomic E-state index is 0.700. The molecule has 2 N–H and O–H groups in total. The molecular weight excluding hydrogens is 170 g/mol. The Balaban J connectivity index is 0.000000791. The van der Waals surface area contributed by atoms with Gasteiger partial charge in [-0.25, -0.2) is 0 Å². The first kappa shape index (κ1) is 13.0. The fraction of sp³-hybridized carbons (Fsp3) is 0.538. The van der Waals surface area contributed by atoms with Crippen LogP contribution in [0.2, 0.25) is 0 Å². The molecule has 0 amide bonds. The van der Waals surface area contributed by atoms with Crippen LogP contribution in [-0.4, -0.2) is 0 Å². The third kappa shape index (κ3) is 3.82. The van der Waals surface area contributed by atoms with Crippen LogP contribution < -0.4 is 5.73 Å². The van der Waals surface area contributed by atoms with E-state index in [1.807, 2.05) is 26.0 Å². The van der Waals surface area contributed by atoms with Gasteiger partial charge in [0.2, 0.25) is 0 Å². The molecule has 0 radical (unpaired) electrons. The van der Waals surface area contributed by atoms with Crippen molar-refractivity contribution in [3.63, 3.8) is 0 Å². The highest BCUT2D eigenvalue weighted by molar-refractivity contribution is 5.40. The molecular formula is C13H23N. The van der Waals surface area contributed by atoms with Crippen LogP contribution in [0.15, 0.2) is 24.3 Å². The third-order valence-corrected chi connectivity index (χ3v) is 2.39. The number of hydrogen-bond acceptors (Lipinski definition) is 1. The van der Waals surface area contributed by atoms with Gasteiger partial charge in [0.25, 0.3) is 0 Å². The average Bonchev–Trinajstić information content (AvgIpc) is 2.25. The second kappa shape index (κ2) is 7.43. The van der Waals surface area contributed by atoms with Gasteiger partial charge in [0.15, 0.2) is 0 Å².